The highest BCUT2D eigenvalue weighted by Crippen LogP contribution is 2.36. The van der Waals surface area contributed by atoms with Crippen molar-refractivity contribution in [2.45, 2.75) is 0 Å². The van der Waals surface area contributed by atoms with Crippen LogP contribution in [0.15, 0.2) is 42.6 Å². The van der Waals surface area contributed by atoms with E-state index in [2.05, 4.69) is 16.8 Å². The monoisotopic (exact) mass is 269 g/mol. The number of para-hydroxylation sites is 1. The highest BCUT2D eigenvalue weighted by molar-refractivity contribution is 5.51. The Morgan fingerprint density at radius 3 is 2.55 bits per heavy atom. The minimum absolute atomic E-state index is 0.250. The van der Waals surface area contributed by atoms with E-state index in [1.807, 2.05) is 36.4 Å². The number of aromatic nitrogens is 1. The molecule has 0 saturated carbocycles. The van der Waals surface area contributed by atoms with Crippen molar-refractivity contribution in [1.82, 2.24) is 4.98 Å². The number of methoxy groups -OCH3 is 2. The summed E-state index contributed by atoms with van der Waals surface area (Å²) >= 11 is 0. The van der Waals surface area contributed by atoms with Gasteiger partial charge in [-0.2, -0.15) is 0 Å². The van der Waals surface area contributed by atoms with Crippen LogP contribution in [0.3, 0.4) is 0 Å². The lowest BCUT2D eigenvalue weighted by atomic mass is 10.3. The SMILES string of the molecule is COc1cccc(OCC#Cc2ccccn2)c1OC. The van der Waals surface area contributed by atoms with Gasteiger partial charge >= 0.3 is 0 Å². The van der Waals surface area contributed by atoms with Gasteiger partial charge in [-0.15, -0.1) is 0 Å². The molecule has 0 atom stereocenters. The number of pyridine rings is 1. The first-order chi connectivity index (χ1) is 9.85. The van der Waals surface area contributed by atoms with Crippen molar-refractivity contribution in [3.63, 3.8) is 0 Å². The molecule has 0 N–H and O–H groups in total. The first kappa shape index (κ1) is 13.8. The fourth-order valence-corrected chi connectivity index (χ4v) is 1.65. The molecule has 0 bridgehead atoms. The zero-order chi connectivity index (χ0) is 14.2. The number of hydrogen-bond acceptors (Lipinski definition) is 4. The van der Waals surface area contributed by atoms with Crippen LogP contribution in [0.4, 0.5) is 0 Å². The minimum Gasteiger partial charge on any atom is -0.493 e. The molecule has 1 aromatic heterocycles. The van der Waals surface area contributed by atoms with Gasteiger partial charge in [0.25, 0.3) is 0 Å². The van der Waals surface area contributed by atoms with Gasteiger partial charge in [-0.25, -0.2) is 4.98 Å². The fourth-order valence-electron chi connectivity index (χ4n) is 1.65. The van der Waals surface area contributed by atoms with E-state index in [9.17, 15) is 0 Å². The summed E-state index contributed by atoms with van der Waals surface area (Å²) in [4.78, 5) is 4.11. The van der Waals surface area contributed by atoms with E-state index in [0.717, 1.165) is 0 Å². The van der Waals surface area contributed by atoms with E-state index in [1.165, 1.54) is 0 Å². The van der Waals surface area contributed by atoms with Gasteiger partial charge in [0.2, 0.25) is 5.75 Å². The summed E-state index contributed by atoms with van der Waals surface area (Å²) in [6.07, 6.45) is 1.70. The van der Waals surface area contributed by atoms with Gasteiger partial charge in [0.1, 0.15) is 12.3 Å². The molecule has 2 rings (SSSR count). The van der Waals surface area contributed by atoms with Crippen LogP contribution in [0.1, 0.15) is 5.69 Å². The lowest BCUT2D eigenvalue weighted by Gasteiger charge is -2.11. The molecule has 102 valence electrons. The Kier molecular flexibility index (Phi) is 4.85. The van der Waals surface area contributed by atoms with Crippen molar-refractivity contribution in [3.05, 3.63) is 48.3 Å². The number of rotatable bonds is 4. The van der Waals surface area contributed by atoms with Gasteiger partial charge in [0, 0.05) is 6.20 Å². The number of ether oxygens (including phenoxy) is 3. The maximum absolute atomic E-state index is 5.59. The van der Waals surface area contributed by atoms with Crippen LogP contribution in [0, 0.1) is 11.8 Å². The van der Waals surface area contributed by atoms with Crippen molar-refractivity contribution in [3.8, 4) is 29.1 Å². The molecule has 1 aromatic carbocycles. The summed E-state index contributed by atoms with van der Waals surface area (Å²) < 4.78 is 16.1. The maximum atomic E-state index is 5.59. The molecule has 0 radical (unpaired) electrons. The third kappa shape index (κ3) is 3.42. The van der Waals surface area contributed by atoms with Crippen molar-refractivity contribution in [1.29, 1.82) is 0 Å². The van der Waals surface area contributed by atoms with E-state index < -0.39 is 0 Å². The second-order valence-corrected chi connectivity index (χ2v) is 3.80. The molecular weight excluding hydrogens is 254 g/mol. The molecule has 0 aliphatic rings. The summed E-state index contributed by atoms with van der Waals surface area (Å²) in [6, 6.07) is 11.0. The first-order valence-corrected chi connectivity index (χ1v) is 6.09. The van der Waals surface area contributed by atoms with E-state index in [4.69, 9.17) is 14.2 Å². The van der Waals surface area contributed by atoms with E-state index in [1.54, 1.807) is 20.4 Å². The molecule has 0 saturated heterocycles. The van der Waals surface area contributed by atoms with Gasteiger partial charge in [-0.1, -0.05) is 18.1 Å². The topological polar surface area (TPSA) is 40.6 Å². The molecule has 1 heterocycles. The molecule has 20 heavy (non-hydrogen) atoms. The molecule has 0 spiro atoms. The third-order valence-corrected chi connectivity index (χ3v) is 2.55. The molecule has 0 amide bonds. The van der Waals surface area contributed by atoms with Gasteiger partial charge in [0.05, 0.1) is 14.2 Å². The van der Waals surface area contributed by atoms with Gasteiger partial charge in [0.15, 0.2) is 11.5 Å². The van der Waals surface area contributed by atoms with E-state index in [-0.39, 0.29) is 6.61 Å². The maximum Gasteiger partial charge on any atom is 0.203 e. The molecule has 4 heteroatoms. The largest absolute Gasteiger partial charge is 0.493 e. The van der Waals surface area contributed by atoms with Crippen LogP contribution in [0.25, 0.3) is 0 Å². The zero-order valence-corrected chi connectivity index (χ0v) is 11.4. The summed E-state index contributed by atoms with van der Waals surface area (Å²) in [6.45, 7) is 0.250. The van der Waals surface area contributed by atoms with Crippen LogP contribution >= 0.6 is 0 Å². The smallest absolute Gasteiger partial charge is 0.203 e. The molecule has 4 nitrogen and oxygen atoms in total. The van der Waals surface area contributed by atoms with Crippen molar-refractivity contribution in [2.24, 2.45) is 0 Å². The molecule has 0 aliphatic heterocycles. The standard InChI is InChI=1S/C16H15NO3/c1-18-14-9-5-10-15(16(14)19-2)20-12-6-8-13-7-3-4-11-17-13/h3-5,7,9-11H,12H2,1-2H3. The third-order valence-electron chi connectivity index (χ3n) is 2.55. The molecule has 2 aromatic rings. The van der Waals surface area contributed by atoms with Gasteiger partial charge in [-0.3, -0.25) is 0 Å². The number of hydrogen-bond donors (Lipinski definition) is 0. The van der Waals surface area contributed by atoms with Crippen molar-refractivity contribution in [2.75, 3.05) is 20.8 Å². The van der Waals surface area contributed by atoms with Crippen LogP contribution in [0.2, 0.25) is 0 Å². The summed E-state index contributed by atoms with van der Waals surface area (Å²) in [5.41, 5.74) is 0.716. The van der Waals surface area contributed by atoms with Crippen LogP contribution in [0.5, 0.6) is 17.2 Å². The summed E-state index contributed by atoms with van der Waals surface area (Å²) in [7, 11) is 3.16. The Balaban J connectivity index is 2.03. The lowest BCUT2D eigenvalue weighted by molar-refractivity contribution is 0.310. The predicted octanol–water partition coefficient (Wildman–Crippen LogP) is 2.53. The van der Waals surface area contributed by atoms with Crippen molar-refractivity contribution < 1.29 is 14.2 Å². The van der Waals surface area contributed by atoms with Gasteiger partial charge < -0.3 is 14.2 Å². The average Bonchev–Trinajstić information content (AvgIpc) is 2.52. The van der Waals surface area contributed by atoms with Crippen LogP contribution in [-0.4, -0.2) is 25.8 Å². The van der Waals surface area contributed by atoms with Crippen LogP contribution in [-0.2, 0) is 0 Å². The second kappa shape index (κ2) is 7.05. The highest BCUT2D eigenvalue weighted by Gasteiger charge is 2.09. The molecular formula is C16H15NO3. The Morgan fingerprint density at radius 1 is 1.00 bits per heavy atom. The zero-order valence-electron chi connectivity index (χ0n) is 11.4. The first-order valence-electron chi connectivity index (χ1n) is 6.09. The Hall–Kier alpha value is -2.67. The van der Waals surface area contributed by atoms with Crippen molar-refractivity contribution >= 4 is 0 Å². The quantitative estimate of drug-likeness (QED) is 0.800. The highest BCUT2D eigenvalue weighted by atomic mass is 16.5. The van der Waals surface area contributed by atoms with E-state index in [0.29, 0.717) is 22.9 Å². The van der Waals surface area contributed by atoms with E-state index >= 15 is 0 Å². The van der Waals surface area contributed by atoms with Gasteiger partial charge in [-0.05, 0) is 30.2 Å². The second-order valence-electron chi connectivity index (χ2n) is 3.80. The number of benzene rings is 1. The Morgan fingerprint density at radius 2 is 1.85 bits per heavy atom. The Labute approximate surface area is 118 Å². The summed E-state index contributed by atoms with van der Waals surface area (Å²) in [5, 5.41) is 0. The number of nitrogens with zero attached hydrogens (tertiary/aromatic N) is 1. The Bertz CT molecular complexity index is 615. The fraction of sp³-hybridized carbons (Fsp3) is 0.188. The lowest BCUT2D eigenvalue weighted by Crippen LogP contribution is -1.98. The minimum atomic E-state index is 0.250. The van der Waals surface area contributed by atoms with Crippen LogP contribution < -0.4 is 14.2 Å². The molecule has 0 unspecified atom stereocenters. The molecule has 0 fully saturated rings. The molecule has 0 aliphatic carbocycles. The predicted molar refractivity (Wildman–Crippen MR) is 76.2 cm³/mol. The normalized spacial score (nSPS) is 9.30. The summed E-state index contributed by atoms with van der Waals surface area (Å²) in [5.74, 6) is 7.62. The average molecular weight is 269 g/mol.